The molecule has 0 fully saturated rings. The highest BCUT2D eigenvalue weighted by molar-refractivity contribution is 5.83. The van der Waals surface area contributed by atoms with Gasteiger partial charge in [-0.1, -0.05) is 13.8 Å². The van der Waals surface area contributed by atoms with Gasteiger partial charge < -0.3 is 0 Å². The van der Waals surface area contributed by atoms with Crippen molar-refractivity contribution < 1.29 is 0 Å². The molecule has 0 aliphatic heterocycles. The summed E-state index contributed by atoms with van der Waals surface area (Å²) in [5.74, 6) is 0.508. The van der Waals surface area contributed by atoms with Gasteiger partial charge in [-0.05, 0) is 19.8 Å². The van der Waals surface area contributed by atoms with E-state index in [1.165, 1.54) is 0 Å². The van der Waals surface area contributed by atoms with Crippen LogP contribution in [0.1, 0.15) is 27.7 Å². The van der Waals surface area contributed by atoms with Crippen molar-refractivity contribution in [1.82, 2.24) is 0 Å². The fourth-order valence-corrected chi connectivity index (χ4v) is 0.264. The maximum atomic E-state index is 3.93. The molecule has 0 spiro atoms. The second-order valence-electron chi connectivity index (χ2n) is 2.27. The molecule has 2 nitrogen and oxygen atoms in total. The zero-order valence-corrected chi connectivity index (χ0v) is 6.55. The van der Waals surface area contributed by atoms with Crippen LogP contribution in [0, 0.1) is 5.92 Å². The highest BCUT2D eigenvalue weighted by Gasteiger charge is 1.94. The quantitative estimate of drug-likeness (QED) is 0.400. The Morgan fingerprint density at radius 2 is 2.00 bits per heavy atom. The van der Waals surface area contributed by atoms with Gasteiger partial charge in [0.05, 0.1) is 0 Å². The van der Waals surface area contributed by atoms with E-state index in [1.54, 1.807) is 6.21 Å². The number of rotatable bonds is 2. The summed E-state index contributed by atoms with van der Waals surface area (Å²) in [7, 11) is 0. The van der Waals surface area contributed by atoms with Gasteiger partial charge >= 0.3 is 0 Å². The van der Waals surface area contributed by atoms with Gasteiger partial charge in [0.25, 0.3) is 0 Å². The Labute approximate surface area is 56.7 Å². The molecular weight excluding hydrogens is 112 g/mol. The highest BCUT2D eigenvalue weighted by atomic mass is 15.2. The first-order valence-corrected chi connectivity index (χ1v) is 3.20. The molecule has 9 heavy (non-hydrogen) atoms. The Balaban J connectivity index is 3.84. The van der Waals surface area contributed by atoms with Crippen molar-refractivity contribution in [2.75, 3.05) is 0 Å². The fraction of sp³-hybridized carbons (Fsp3) is 0.714. The standard InChI is InChI=1S/C7H14N2/c1-5-8-9-7(4)6(2)3/h5-6H,1-4H3/b8-5+,9-7+. The summed E-state index contributed by atoms with van der Waals surface area (Å²) in [4.78, 5) is 0. The monoisotopic (exact) mass is 126 g/mol. The minimum atomic E-state index is 0.508. The molecule has 0 unspecified atom stereocenters. The maximum absolute atomic E-state index is 3.93. The maximum Gasteiger partial charge on any atom is 0.0400 e. The van der Waals surface area contributed by atoms with Gasteiger partial charge in [0.1, 0.15) is 0 Å². The van der Waals surface area contributed by atoms with Crippen LogP contribution >= 0.6 is 0 Å². The van der Waals surface area contributed by atoms with E-state index in [9.17, 15) is 0 Å². The Morgan fingerprint density at radius 3 is 2.33 bits per heavy atom. The number of hydrogen-bond acceptors (Lipinski definition) is 2. The van der Waals surface area contributed by atoms with Crippen molar-refractivity contribution in [3.05, 3.63) is 0 Å². The average Bonchev–Trinajstić information content (AvgIpc) is 1.82. The number of hydrogen-bond donors (Lipinski definition) is 0. The van der Waals surface area contributed by atoms with Crippen molar-refractivity contribution in [2.45, 2.75) is 27.7 Å². The second kappa shape index (κ2) is 4.24. The molecule has 0 bridgehead atoms. The lowest BCUT2D eigenvalue weighted by molar-refractivity contribution is 0.870. The van der Waals surface area contributed by atoms with Crippen LogP contribution in [0.2, 0.25) is 0 Å². The molecule has 0 N–H and O–H groups in total. The van der Waals surface area contributed by atoms with Crippen LogP contribution in [-0.2, 0) is 0 Å². The molecule has 0 radical (unpaired) electrons. The molecule has 0 aliphatic rings. The summed E-state index contributed by atoms with van der Waals surface area (Å²) < 4.78 is 0. The van der Waals surface area contributed by atoms with E-state index in [1.807, 2.05) is 13.8 Å². The minimum Gasteiger partial charge on any atom is -0.164 e. The molecule has 0 aromatic carbocycles. The van der Waals surface area contributed by atoms with E-state index >= 15 is 0 Å². The number of nitrogens with zero attached hydrogens (tertiary/aromatic N) is 2. The van der Waals surface area contributed by atoms with Crippen LogP contribution in [0.5, 0.6) is 0 Å². The van der Waals surface area contributed by atoms with Crippen LogP contribution in [0.3, 0.4) is 0 Å². The van der Waals surface area contributed by atoms with Gasteiger partial charge in [0, 0.05) is 11.9 Å². The predicted molar refractivity (Wildman–Crippen MR) is 42.1 cm³/mol. The van der Waals surface area contributed by atoms with E-state index in [0.717, 1.165) is 5.71 Å². The third kappa shape index (κ3) is 3.88. The molecule has 0 saturated heterocycles. The van der Waals surface area contributed by atoms with Gasteiger partial charge in [0.15, 0.2) is 0 Å². The second-order valence-corrected chi connectivity index (χ2v) is 2.27. The zero-order valence-electron chi connectivity index (χ0n) is 6.55. The van der Waals surface area contributed by atoms with Crippen molar-refractivity contribution >= 4 is 11.9 Å². The molecule has 0 rings (SSSR count). The lowest BCUT2D eigenvalue weighted by atomic mass is 10.1. The minimum absolute atomic E-state index is 0.508. The molecule has 0 atom stereocenters. The Morgan fingerprint density at radius 1 is 1.44 bits per heavy atom. The van der Waals surface area contributed by atoms with Gasteiger partial charge in [-0.3, -0.25) is 0 Å². The van der Waals surface area contributed by atoms with Gasteiger partial charge in [0.2, 0.25) is 0 Å². The van der Waals surface area contributed by atoms with Crippen LogP contribution in [0.25, 0.3) is 0 Å². The van der Waals surface area contributed by atoms with Crippen LogP contribution in [-0.4, -0.2) is 11.9 Å². The van der Waals surface area contributed by atoms with Gasteiger partial charge in [-0.15, -0.1) is 0 Å². The molecule has 0 amide bonds. The first-order chi connectivity index (χ1) is 4.18. The fourth-order valence-electron chi connectivity index (χ4n) is 0.264. The summed E-state index contributed by atoms with van der Waals surface area (Å²) >= 11 is 0. The van der Waals surface area contributed by atoms with E-state index in [2.05, 4.69) is 24.1 Å². The molecule has 0 aromatic heterocycles. The van der Waals surface area contributed by atoms with Gasteiger partial charge in [-0.2, -0.15) is 10.2 Å². The van der Waals surface area contributed by atoms with E-state index in [4.69, 9.17) is 0 Å². The summed E-state index contributed by atoms with van der Waals surface area (Å²) in [6.07, 6.45) is 1.69. The third-order valence-corrected chi connectivity index (χ3v) is 1.17. The van der Waals surface area contributed by atoms with Crippen molar-refractivity contribution in [3.63, 3.8) is 0 Å². The zero-order chi connectivity index (χ0) is 7.28. The molecule has 2 heteroatoms. The normalized spacial score (nSPS) is 13.7. The molecule has 0 heterocycles. The summed E-state index contributed by atoms with van der Waals surface area (Å²) in [6, 6.07) is 0. The lowest BCUT2D eigenvalue weighted by Gasteiger charge is -1.98. The highest BCUT2D eigenvalue weighted by Crippen LogP contribution is 1.95. The van der Waals surface area contributed by atoms with E-state index in [0.29, 0.717) is 5.92 Å². The molecule has 0 aromatic rings. The molecule has 0 saturated carbocycles. The van der Waals surface area contributed by atoms with Crippen molar-refractivity contribution in [1.29, 1.82) is 0 Å². The van der Waals surface area contributed by atoms with E-state index in [-0.39, 0.29) is 0 Å². The predicted octanol–water partition coefficient (Wildman–Crippen LogP) is 2.11. The van der Waals surface area contributed by atoms with Crippen LogP contribution in [0.15, 0.2) is 10.2 Å². The Bertz CT molecular complexity index is 123. The van der Waals surface area contributed by atoms with Crippen molar-refractivity contribution in [2.24, 2.45) is 16.1 Å². The first-order valence-electron chi connectivity index (χ1n) is 3.20. The Kier molecular flexibility index (Phi) is 3.93. The van der Waals surface area contributed by atoms with Crippen LogP contribution in [0.4, 0.5) is 0 Å². The Hall–Kier alpha value is -0.660. The molecular formula is C7H14N2. The summed E-state index contributed by atoms with van der Waals surface area (Å²) in [5.41, 5.74) is 1.08. The largest absolute Gasteiger partial charge is 0.164 e. The van der Waals surface area contributed by atoms with Gasteiger partial charge in [-0.25, -0.2) is 0 Å². The summed E-state index contributed by atoms with van der Waals surface area (Å²) in [5, 5.41) is 7.68. The molecule has 52 valence electrons. The first kappa shape index (κ1) is 8.34. The summed E-state index contributed by atoms with van der Waals surface area (Å²) in [6.45, 7) is 8.04. The lowest BCUT2D eigenvalue weighted by Crippen LogP contribution is -2.00. The van der Waals surface area contributed by atoms with Crippen molar-refractivity contribution in [3.8, 4) is 0 Å². The molecule has 0 aliphatic carbocycles. The average molecular weight is 126 g/mol. The van der Waals surface area contributed by atoms with E-state index < -0.39 is 0 Å². The topological polar surface area (TPSA) is 24.7 Å². The van der Waals surface area contributed by atoms with Crippen LogP contribution < -0.4 is 0 Å². The SMILES string of the molecule is C/C=N/N=C(\C)C(C)C. The third-order valence-electron chi connectivity index (χ3n) is 1.17. The smallest absolute Gasteiger partial charge is 0.0400 e.